The molecule has 0 spiro atoms. The van der Waals surface area contributed by atoms with Crippen LogP contribution in [-0.4, -0.2) is 38.1 Å². The number of nitrogens with zero attached hydrogens (tertiary/aromatic N) is 1. The Morgan fingerprint density at radius 3 is 2.60 bits per heavy atom. The Bertz CT molecular complexity index is 123. The Kier molecular flexibility index (Phi) is 3.12. The van der Waals surface area contributed by atoms with Crippen LogP contribution < -0.4 is 4.90 Å². The van der Waals surface area contributed by atoms with Crippen molar-refractivity contribution < 1.29 is 9.53 Å². The molecule has 0 saturated carbocycles. The second-order valence-corrected chi connectivity index (χ2v) is 2.39. The summed E-state index contributed by atoms with van der Waals surface area (Å²) in [6.45, 7) is 2.66. The highest BCUT2D eigenvalue weighted by Crippen LogP contribution is 1.94. The van der Waals surface area contributed by atoms with Crippen LogP contribution >= 0.6 is 11.6 Å². The van der Waals surface area contributed by atoms with Crippen molar-refractivity contribution in [2.24, 2.45) is 0 Å². The number of morpholine rings is 1. The molecule has 0 aromatic heterocycles. The Labute approximate surface area is 64.9 Å². The van der Waals surface area contributed by atoms with Gasteiger partial charge in [-0.2, -0.15) is 0 Å². The third-order valence-electron chi connectivity index (χ3n) is 1.48. The van der Waals surface area contributed by atoms with Crippen LogP contribution in [0.15, 0.2) is 0 Å². The van der Waals surface area contributed by atoms with Crippen LogP contribution in [-0.2, 0) is 9.53 Å². The van der Waals surface area contributed by atoms with Gasteiger partial charge in [0.1, 0.15) is 19.1 Å². The number of hydrogen-bond acceptors (Lipinski definition) is 2. The van der Waals surface area contributed by atoms with E-state index in [1.165, 1.54) is 0 Å². The average molecular weight is 164 g/mol. The van der Waals surface area contributed by atoms with Crippen LogP contribution in [0.25, 0.3) is 0 Å². The molecule has 1 radical (unpaired) electrons. The summed E-state index contributed by atoms with van der Waals surface area (Å²) in [5, 5.41) is 0. The molecule has 57 valence electrons. The van der Waals surface area contributed by atoms with Crippen molar-refractivity contribution in [3.8, 4) is 0 Å². The molecular formula is C6H10ClNO2+. The number of carbonyl (C=O) groups excluding carboxylic acids is 1. The quantitative estimate of drug-likeness (QED) is 0.400. The number of hydrogen-bond donors (Lipinski definition) is 0. The molecule has 0 aliphatic carbocycles. The lowest BCUT2D eigenvalue weighted by molar-refractivity contribution is -0.125. The topological polar surface area (TPSA) is 32.2 Å². The van der Waals surface area contributed by atoms with Gasteiger partial charge in [-0.1, -0.05) is 4.90 Å². The maximum atomic E-state index is 10.9. The Hall–Kier alpha value is -0.120. The van der Waals surface area contributed by atoms with E-state index in [2.05, 4.69) is 0 Å². The second-order valence-electron chi connectivity index (χ2n) is 2.13. The van der Waals surface area contributed by atoms with Gasteiger partial charge in [-0.15, -0.1) is 11.6 Å². The van der Waals surface area contributed by atoms with Crippen molar-refractivity contribution in [1.29, 1.82) is 0 Å². The van der Waals surface area contributed by atoms with Crippen molar-refractivity contribution in [2.45, 2.75) is 0 Å². The molecular weight excluding hydrogens is 154 g/mol. The fourth-order valence-corrected chi connectivity index (χ4v) is 1.07. The molecule has 0 N–H and O–H groups in total. The van der Waals surface area contributed by atoms with E-state index in [9.17, 15) is 4.79 Å². The highest BCUT2D eigenvalue weighted by molar-refractivity contribution is 6.27. The van der Waals surface area contributed by atoms with Crippen LogP contribution in [0.3, 0.4) is 0 Å². The Balaban J connectivity index is 2.31. The SMILES string of the molecule is O=C(CCl)[N+]1CCOCC1. The number of amides is 1. The van der Waals surface area contributed by atoms with Gasteiger partial charge in [-0.25, -0.2) is 4.79 Å². The second kappa shape index (κ2) is 3.91. The fourth-order valence-electron chi connectivity index (χ4n) is 0.897. The summed E-state index contributed by atoms with van der Waals surface area (Å²) in [5.74, 6) is 0.0879. The molecule has 1 amide bonds. The van der Waals surface area contributed by atoms with E-state index < -0.39 is 0 Å². The van der Waals surface area contributed by atoms with Crippen LogP contribution in [0.4, 0.5) is 0 Å². The minimum atomic E-state index is 0.00460. The normalized spacial score (nSPS) is 20.9. The first-order valence-electron chi connectivity index (χ1n) is 3.26. The van der Waals surface area contributed by atoms with Gasteiger partial charge in [0.25, 0.3) is 0 Å². The average Bonchev–Trinajstić information content (AvgIpc) is 2.05. The van der Waals surface area contributed by atoms with E-state index in [0.717, 1.165) is 0 Å². The van der Waals surface area contributed by atoms with Gasteiger partial charge in [-0.05, 0) is 0 Å². The van der Waals surface area contributed by atoms with E-state index in [1.54, 1.807) is 4.90 Å². The summed E-state index contributed by atoms with van der Waals surface area (Å²) in [5.41, 5.74) is 0. The summed E-state index contributed by atoms with van der Waals surface area (Å²) in [6, 6.07) is 0. The number of rotatable bonds is 1. The molecule has 1 aliphatic rings. The molecule has 1 rings (SSSR count). The summed E-state index contributed by atoms with van der Waals surface area (Å²) in [6.07, 6.45) is 0. The zero-order valence-electron chi connectivity index (χ0n) is 5.68. The van der Waals surface area contributed by atoms with Crippen molar-refractivity contribution in [3.05, 3.63) is 0 Å². The van der Waals surface area contributed by atoms with Gasteiger partial charge in [0.05, 0.1) is 0 Å². The maximum Gasteiger partial charge on any atom is 0.375 e. The molecule has 1 aliphatic heterocycles. The summed E-state index contributed by atoms with van der Waals surface area (Å²) >= 11 is 5.35. The number of alkyl halides is 1. The number of ether oxygens (including phenoxy) is 1. The van der Waals surface area contributed by atoms with Crippen molar-refractivity contribution in [3.63, 3.8) is 0 Å². The van der Waals surface area contributed by atoms with Gasteiger partial charge in [-0.3, -0.25) is 0 Å². The monoisotopic (exact) mass is 163 g/mol. The predicted molar refractivity (Wildman–Crippen MR) is 38.4 cm³/mol. The van der Waals surface area contributed by atoms with Crippen LogP contribution in [0.5, 0.6) is 0 Å². The van der Waals surface area contributed by atoms with Gasteiger partial charge in [0, 0.05) is 0 Å². The molecule has 0 aromatic rings. The molecule has 1 fully saturated rings. The molecule has 0 aromatic carbocycles. The van der Waals surface area contributed by atoms with Crippen LogP contribution in [0.2, 0.25) is 0 Å². The summed E-state index contributed by atoms with van der Waals surface area (Å²) < 4.78 is 5.06. The van der Waals surface area contributed by atoms with E-state index in [1.807, 2.05) is 0 Å². The minimum Gasteiger partial charge on any atom is -0.369 e. The Morgan fingerprint density at radius 2 is 2.10 bits per heavy atom. The van der Waals surface area contributed by atoms with E-state index in [-0.39, 0.29) is 11.8 Å². The lowest BCUT2D eigenvalue weighted by Gasteiger charge is -2.13. The largest absolute Gasteiger partial charge is 0.375 e. The van der Waals surface area contributed by atoms with Crippen LogP contribution in [0, 0.1) is 0 Å². The molecule has 4 heteroatoms. The van der Waals surface area contributed by atoms with Gasteiger partial charge < -0.3 is 4.74 Å². The predicted octanol–water partition coefficient (Wildman–Crippen LogP) is -0.0779. The van der Waals surface area contributed by atoms with E-state index in [0.29, 0.717) is 26.3 Å². The molecule has 3 nitrogen and oxygen atoms in total. The van der Waals surface area contributed by atoms with Crippen molar-refractivity contribution in [2.75, 3.05) is 32.2 Å². The first-order valence-corrected chi connectivity index (χ1v) is 3.79. The lowest BCUT2D eigenvalue weighted by Crippen LogP contribution is -2.46. The van der Waals surface area contributed by atoms with E-state index >= 15 is 0 Å². The van der Waals surface area contributed by atoms with Gasteiger partial charge >= 0.3 is 5.91 Å². The smallest absolute Gasteiger partial charge is 0.369 e. The highest BCUT2D eigenvalue weighted by Gasteiger charge is 2.26. The third kappa shape index (κ3) is 1.94. The molecule has 0 bridgehead atoms. The van der Waals surface area contributed by atoms with Crippen molar-refractivity contribution in [1.82, 2.24) is 4.90 Å². The molecule has 0 atom stereocenters. The van der Waals surface area contributed by atoms with Crippen molar-refractivity contribution >= 4 is 17.5 Å². The molecule has 10 heavy (non-hydrogen) atoms. The standard InChI is InChI=1S/C6H10ClNO2/c7-5-6(9)8-1-3-10-4-2-8/h1-5H2/q+1. The summed E-state index contributed by atoms with van der Waals surface area (Å²) in [7, 11) is 0. The molecule has 0 unspecified atom stereocenters. The number of carbonyl (C=O) groups is 1. The molecule has 1 saturated heterocycles. The maximum absolute atomic E-state index is 10.9. The Morgan fingerprint density at radius 1 is 1.50 bits per heavy atom. The van der Waals surface area contributed by atoms with Gasteiger partial charge in [0.15, 0.2) is 13.1 Å². The first kappa shape index (κ1) is 7.98. The minimum absolute atomic E-state index is 0.00460. The van der Waals surface area contributed by atoms with Crippen LogP contribution in [0.1, 0.15) is 0 Å². The number of halogens is 1. The van der Waals surface area contributed by atoms with Gasteiger partial charge in [0.2, 0.25) is 0 Å². The zero-order valence-corrected chi connectivity index (χ0v) is 6.43. The lowest BCUT2D eigenvalue weighted by atomic mass is 10.4. The van der Waals surface area contributed by atoms with E-state index in [4.69, 9.17) is 16.3 Å². The third-order valence-corrected chi connectivity index (χ3v) is 1.71. The molecule has 1 heterocycles. The fraction of sp³-hybridized carbons (Fsp3) is 0.833. The first-order chi connectivity index (χ1) is 4.84. The zero-order chi connectivity index (χ0) is 7.40. The highest BCUT2D eigenvalue weighted by atomic mass is 35.5. The summed E-state index contributed by atoms with van der Waals surface area (Å²) in [4.78, 5) is 12.6.